The van der Waals surface area contributed by atoms with E-state index in [0.29, 0.717) is 32.9 Å². The second kappa shape index (κ2) is 28.8. The van der Waals surface area contributed by atoms with Gasteiger partial charge >= 0.3 is 0 Å². The molecule has 1 atom stereocenters. The van der Waals surface area contributed by atoms with Crippen molar-refractivity contribution in [1.29, 1.82) is 0 Å². The number of unbranched alkanes of at least 4 members (excludes halogenated alkanes) is 15. The standard InChI is InChI=1S/C34H63N3O6S/c1-3-5-7-8-9-10-11-12-13-14-15-16-17-19-27-44-30-28-33(40)37(34(30)41)23-20-31(38)36-22-24-42-25-26-43-29-32(39)35-21-18-6-4-2/h30H,3-29H2,1-2H3,(H,35,39)(H,36,38). The number of hydrogen-bond acceptors (Lipinski definition) is 7. The molecule has 0 spiro atoms. The number of rotatable bonds is 31. The summed E-state index contributed by atoms with van der Waals surface area (Å²) < 4.78 is 10.7. The number of likely N-dealkylation sites (tertiary alicyclic amines) is 1. The molecule has 1 saturated heterocycles. The van der Waals surface area contributed by atoms with E-state index in [2.05, 4.69) is 24.5 Å². The molecule has 1 fully saturated rings. The van der Waals surface area contributed by atoms with Gasteiger partial charge in [-0.05, 0) is 18.6 Å². The van der Waals surface area contributed by atoms with Crippen molar-refractivity contribution in [2.75, 3.05) is 51.8 Å². The monoisotopic (exact) mass is 641 g/mol. The number of nitrogens with zero attached hydrogens (tertiary/aromatic N) is 1. The second-order valence-corrected chi connectivity index (χ2v) is 13.2. The van der Waals surface area contributed by atoms with Crippen molar-refractivity contribution in [3.05, 3.63) is 0 Å². The van der Waals surface area contributed by atoms with Crippen LogP contribution in [0.25, 0.3) is 0 Å². The summed E-state index contributed by atoms with van der Waals surface area (Å²) in [5, 5.41) is 5.25. The molecule has 1 heterocycles. The second-order valence-electron chi connectivity index (χ2n) is 11.9. The van der Waals surface area contributed by atoms with Crippen LogP contribution in [0.15, 0.2) is 0 Å². The van der Waals surface area contributed by atoms with Gasteiger partial charge in [0.15, 0.2) is 0 Å². The Kier molecular flexibility index (Phi) is 26.4. The van der Waals surface area contributed by atoms with E-state index >= 15 is 0 Å². The zero-order chi connectivity index (χ0) is 32.1. The molecule has 0 aromatic rings. The number of imide groups is 1. The maximum Gasteiger partial charge on any atom is 0.245 e. The van der Waals surface area contributed by atoms with E-state index in [1.165, 1.54) is 88.4 Å². The zero-order valence-corrected chi connectivity index (χ0v) is 28.8. The summed E-state index contributed by atoms with van der Waals surface area (Å²) in [6.07, 6.45) is 22.0. The Bertz CT molecular complexity index is 769. The molecule has 1 aliphatic heterocycles. The lowest BCUT2D eigenvalue weighted by molar-refractivity contribution is -0.138. The highest BCUT2D eigenvalue weighted by molar-refractivity contribution is 8.00. The smallest absolute Gasteiger partial charge is 0.245 e. The quantitative estimate of drug-likeness (QED) is 0.0687. The first-order chi connectivity index (χ1) is 21.5. The van der Waals surface area contributed by atoms with E-state index in [-0.39, 0.29) is 54.9 Å². The first-order valence-corrected chi connectivity index (χ1v) is 18.7. The van der Waals surface area contributed by atoms with E-state index < -0.39 is 0 Å². The molecular formula is C34H63N3O6S. The molecule has 0 saturated carbocycles. The van der Waals surface area contributed by atoms with E-state index in [1.807, 2.05) is 0 Å². The van der Waals surface area contributed by atoms with Crippen LogP contribution in [0.4, 0.5) is 0 Å². The van der Waals surface area contributed by atoms with Crippen LogP contribution in [0.3, 0.4) is 0 Å². The van der Waals surface area contributed by atoms with Gasteiger partial charge in [-0.1, -0.05) is 110 Å². The third-order valence-corrected chi connectivity index (χ3v) is 9.15. The summed E-state index contributed by atoms with van der Waals surface area (Å²) in [4.78, 5) is 50.1. The molecular weight excluding hydrogens is 578 g/mol. The summed E-state index contributed by atoms with van der Waals surface area (Å²) in [5.74, 6) is 0.213. The Labute approximate surface area is 272 Å². The van der Waals surface area contributed by atoms with Crippen LogP contribution in [0, 0.1) is 0 Å². The van der Waals surface area contributed by atoms with Crippen LogP contribution in [0.1, 0.15) is 136 Å². The van der Waals surface area contributed by atoms with Crippen LogP contribution in [0.2, 0.25) is 0 Å². The lowest BCUT2D eigenvalue weighted by Gasteiger charge is -2.15. The molecule has 10 heteroatoms. The van der Waals surface area contributed by atoms with Gasteiger partial charge in [0.2, 0.25) is 23.6 Å². The SMILES string of the molecule is CCCCCCCCCCCCCCCCSC1CC(=O)N(CCC(=O)NCCOCCOCC(=O)NCCCCC)C1=O. The predicted octanol–water partition coefficient (Wildman–Crippen LogP) is 6.17. The molecule has 1 rings (SSSR count). The predicted molar refractivity (Wildman–Crippen MR) is 180 cm³/mol. The molecule has 0 aromatic carbocycles. The Morgan fingerprint density at radius 3 is 1.89 bits per heavy atom. The number of carbonyl (C=O) groups is 4. The third kappa shape index (κ3) is 22.0. The van der Waals surface area contributed by atoms with Crippen LogP contribution >= 0.6 is 11.8 Å². The van der Waals surface area contributed by atoms with Crippen molar-refractivity contribution in [3.63, 3.8) is 0 Å². The number of nitrogens with one attached hydrogen (secondary N) is 2. The van der Waals surface area contributed by atoms with Gasteiger partial charge in [-0.2, -0.15) is 0 Å². The highest BCUT2D eigenvalue weighted by Gasteiger charge is 2.38. The Morgan fingerprint density at radius 2 is 1.25 bits per heavy atom. The van der Waals surface area contributed by atoms with Crippen molar-refractivity contribution in [2.45, 2.75) is 141 Å². The van der Waals surface area contributed by atoms with Gasteiger partial charge in [-0.3, -0.25) is 24.1 Å². The lowest BCUT2D eigenvalue weighted by atomic mass is 10.0. The van der Waals surface area contributed by atoms with Crippen LogP contribution in [-0.4, -0.2) is 85.6 Å². The number of ether oxygens (including phenoxy) is 2. The maximum absolute atomic E-state index is 12.7. The van der Waals surface area contributed by atoms with Gasteiger partial charge in [-0.15, -0.1) is 11.8 Å². The molecule has 256 valence electrons. The summed E-state index contributed by atoms with van der Waals surface area (Å²) in [5.41, 5.74) is 0. The van der Waals surface area contributed by atoms with E-state index in [1.54, 1.807) is 11.8 Å². The molecule has 0 aliphatic carbocycles. The fourth-order valence-corrected chi connectivity index (χ4v) is 6.33. The van der Waals surface area contributed by atoms with Gasteiger partial charge in [-0.25, -0.2) is 0 Å². The fraction of sp³-hybridized carbons (Fsp3) is 0.882. The fourth-order valence-electron chi connectivity index (χ4n) is 5.14. The molecule has 9 nitrogen and oxygen atoms in total. The van der Waals surface area contributed by atoms with Crippen molar-refractivity contribution in [2.24, 2.45) is 0 Å². The van der Waals surface area contributed by atoms with Gasteiger partial charge in [0.05, 0.1) is 25.1 Å². The zero-order valence-electron chi connectivity index (χ0n) is 28.0. The molecule has 0 aromatic heterocycles. The summed E-state index contributed by atoms with van der Waals surface area (Å²) in [7, 11) is 0. The van der Waals surface area contributed by atoms with E-state index in [9.17, 15) is 19.2 Å². The molecule has 1 unspecified atom stereocenters. The maximum atomic E-state index is 12.7. The number of amides is 4. The minimum Gasteiger partial charge on any atom is -0.377 e. The van der Waals surface area contributed by atoms with Gasteiger partial charge in [0, 0.05) is 32.5 Å². The summed E-state index contributed by atoms with van der Waals surface area (Å²) in [6.45, 7) is 6.46. The minimum atomic E-state index is -0.310. The van der Waals surface area contributed by atoms with Crippen LogP contribution < -0.4 is 10.6 Å². The Hall–Kier alpha value is -1.65. The molecule has 1 aliphatic rings. The highest BCUT2D eigenvalue weighted by Crippen LogP contribution is 2.26. The molecule has 4 amide bonds. The average Bonchev–Trinajstić information content (AvgIpc) is 3.28. The summed E-state index contributed by atoms with van der Waals surface area (Å²) in [6, 6.07) is 0. The first kappa shape index (κ1) is 40.4. The Morgan fingerprint density at radius 1 is 0.705 bits per heavy atom. The number of carbonyl (C=O) groups excluding carboxylic acids is 4. The molecule has 44 heavy (non-hydrogen) atoms. The van der Waals surface area contributed by atoms with Gasteiger partial charge < -0.3 is 20.1 Å². The third-order valence-electron chi connectivity index (χ3n) is 7.86. The number of thioether (sulfide) groups is 1. The Balaban J connectivity index is 1.96. The average molecular weight is 642 g/mol. The first-order valence-electron chi connectivity index (χ1n) is 17.6. The molecule has 2 N–H and O–H groups in total. The number of hydrogen-bond donors (Lipinski definition) is 2. The van der Waals surface area contributed by atoms with Crippen LogP contribution in [0.5, 0.6) is 0 Å². The topological polar surface area (TPSA) is 114 Å². The van der Waals surface area contributed by atoms with Crippen LogP contribution in [-0.2, 0) is 28.7 Å². The van der Waals surface area contributed by atoms with Crippen molar-refractivity contribution in [1.82, 2.24) is 15.5 Å². The van der Waals surface area contributed by atoms with Crippen molar-refractivity contribution < 1.29 is 28.7 Å². The molecule has 0 bridgehead atoms. The highest BCUT2D eigenvalue weighted by atomic mass is 32.2. The van der Waals surface area contributed by atoms with Gasteiger partial charge in [0.25, 0.3) is 0 Å². The van der Waals surface area contributed by atoms with Gasteiger partial charge in [0.1, 0.15) is 6.61 Å². The largest absolute Gasteiger partial charge is 0.377 e. The summed E-state index contributed by atoms with van der Waals surface area (Å²) >= 11 is 1.59. The van der Waals surface area contributed by atoms with E-state index in [0.717, 1.165) is 31.4 Å². The minimum absolute atomic E-state index is 0.0129. The van der Waals surface area contributed by atoms with E-state index in [4.69, 9.17) is 9.47 Å². The lowest BCUT2D eigenvalue weighted by Crippen LogP contribution is -2.36. The van der Waals surface area contributed by atoms with Crippen molar-refractivity contribution >= 4 is 35.4 Å². The van der Waals surface area contributed by atoms with Crippen molar-refractivity contribution in [3.8, 4) is 0 Å². The molecule has 0 radical (unpaired) electrons. The normalized spacial score (nSPS) is 14.9.